The molecule has 4 rings (SSSR count). The first-order valence-corrected chi connectivity index (χ1v) is 10.8. The van der Waals surface area contributed by atoms with E-state index in [-0.39, 0.29) is 5.97 Å². The third-order valence-corrected chi connectivity index (χ3v) is 5.95. The fourth-order valence-electron chi connectivity index (χ4n) is 3.25. The minimum absolute atomic E-state index is 0.330. The Bertz CT molecular complexity index is 996. The van der Waals surface area contributed by atoms with Crippen LogP contribution in [0.3, 0.4) is 0 Å². The van der Waals surface area contributed by atoms with Gasteiger partial charge in [0.25, 0.3) is 0 Å². The van der Waals surface area contributed by atoms with Crippen molar-refractivity contribution in [3.63, 3.8) is 0 Å². The number of carbonyl (C=O) groups is 1. The molecule has 1 fully saturated rings. The lowest BCUT2D eigenvalue weighted by atomic mass is 10.1. The van der Waals surface area contributed by atoms with Gasteiger partial charge in [0.1, 0.15) is 0 Å². The lowest BCUT2D eigenvalue weighted by Crippen LogP contribution is -2.37. The van der Waals surface area contributed by atoms with Crippen LogP contribution in [0.4, 0.5) is 5.95 Å². The van der Waals surface area contributed by atoms with Crippen LogP contribution in [-0.2, 0) is 15.2 Å². The highest BCUT2D eigenvalue weighted by Crippen LogP contribution is 2.29. The summed E-state index contributed by atoms with van der Waals surface area (Å²) in [5, 5.41) is 9.82. The number of nitrogens with zero attached hydrogens (tertiary/aromatic N) is 4. The first-order chi connectivity index (χ1) is 14.7. The van der Waals surface area contributed by atoms with E-state index in [2.05, 4.69) is 50.9 Å². The summed E-state index contributed by atoms with van der Waals surface area (Å²) in [7, 11) is 1.38. The first-order valence-electron chi connectivity index (χ1n) is 9.81. The average Bonchev–Trinajstić information content (AvgIpc) is 3.22. The van der Waals surface area contributed by atoms with Crippen LogP contribution < -0.4 is 4.90 Å². The van der Waals surface area contributed by atoms with Crippen LogP contribution >= 0.6 is 11.8 Å². The highest BCUT2D eigenvalue weighted by molar-refractivity contribution is 7.98. The molecule has 2 aromatic carbocycles. The molecule has 0 unspecified atom stereocenters. The van der Waals surface area contributed by atoms with E-state index in [1.54, 1.807) is 23.9 Å². The maximum absolute atomic E-state index is 11.6. The number of morpholine rings is 1. The molecule has 0 amide bonds. The standard InChI is InChI=1S/C22H24N4O3S/c1-16-3-9-19(10-4-16)26-21(25-11-13-29-14-12-25)23-24-22(26)30-15-17-5-7-18(8-6-17)20(27)28-2/h3-10H,11-15H2,1-2H3. The molecule has 1 aliphatic heterocycles. The molecule has 0 atom stereocenters. The number of hydrogen-bond donors (Lipinski definition) is 0. The largest absolute Gasteiger partial charge is 0.465 e. The Morgan fingerprint density at radius 1 is 1.07 bits per heavy atom. The number of anilines is 1. The Kier molecular flexibility index (Phi) is 6.35. The smallest absolute Gasteiger partial charge is 0.337 e. The van der Waals surface area contributed by atoms with Crippen molar-refractivity contribution in [2.75, 3.05) is 38.3 Å². The van der Waals surface area contributed by atoms with Crippen LogP contribution in [0.2, 0.25) is 0 Å². The highest BCUT2D eigenvalue weighted by atomic mass is 32.2. The second-order valence-corrected chi connectivity index (χ2v) is 7.97. The summed E-state index contributed by atoms with van der Waals surface area (Å²) in [5.41, 5.74) is 3.89. The summed E-state index contributed by atoms with van der Waals surface area (Å²) in [6.07, 6.45) is 0. The second kappa shape index (κ2) is 9.32. The van der Waals surface area contributed by atoms with E-state index in [0.29, 0.717) is 24.5 Å². The van der Waals surface area contributed by atoms with Gasteiger partial charge < -0.3 is 14.4 Å². The fraction of sp³-hybridized carbons (Fsp3) is 0.318. The minimum atomic E-state index is -0.330. The summed E-state index contributed by atoms with van der Waals surface area (Å²) in [6, 6.07) is 15.8. The van der Waals surface area contributed by atoms with Crippen LogP contribution in [0.15, 0.2) is 53.7 Å². The molecule has 0 aliphatic carbocycles. The third-order valence-electron chi connectivity index (χ3n) is 4.95. The van der Waals surface area contributed by atoms with Gasteiger partial charge in [-0.3, -0.25) is 4.57 Å². The summed E-state index contributed by atoms with van der Waals surface area (Å²) < 4.78 is 12.4. The molecule has 30 heavy (non-hydrogen) atoms. The molecule has 0 N–H and O–H groups in total. The maximum atomic E-state index is 11.6. The van der Waals surface area contributed by atoms with E-state index in [4.69, 9.17) is 9.47 Å². The van der Waals surface area contributed by atoms with Gasteiger partial charge in [-0.1, -0.05) is 41.6 Å². The topological polar surface area (TPSA) is 69.5 Å². The average molecular weight is 425 g/mol. The number of thioether (sulfide) groups is 1. The van der Waals surface area contributed by atoms with Crippen LogP contribution in [0.1, 0.15) is 21.5 Å². The summed E-state index contributed by atoms with van der Waals surface area (Å²) >= 11 is 1.62. The van der Waals surface area contributed by atoms with Crippen molar-refractivity contribution in [1.82, 2.24) is 14.8 Å². The van der Waals surface area contributed by atoms with E-state index in [1.165, 1.54) is 12.7 Å². The molecule has 3 aromatic rings. The summed E-state index contributed by atoms with van der Waals surface area (Å²) in [5.74, 6) is 1.23. The molecule has 1 aromatic heterocycles. The molecular formula is C22H24N4O3S. The van der Waals surface area contributed by atoms with Gasteiger partial charge in [-0.25, -0.2) is 4.79 Å². The molecular weight excluding hydrogens is 400 g/mol. The van der Waals surface area contributed by atoms with E-state index in [9.17, 15) is 4.79 Å². The minimum Gasteiger partial charge on any atom is -0.465 e. The quantitative estimate of drug-likeness (QED) is 0.443. The van der Waals surface area contributed by atoms with Crippen molar-refractivity contribution in [2.24, 2.45) is 0 Å². The predicted molar refractivity (Wildman–Crippen MR) is 116 cm³/mol. The zero-order valence-corrected chi connectivity index (χ0v) is 17.9. The Hall–Kier alpha value is -2.84. The fourth-order valence-corrected chi connectivity index (χ4v) is 4.15. The zero-order chi connectivity index (χ0) is 20.9. The second-order valence-electron chi connectivity index (χ2n) is 7.03. The van der Waals surface area contributed by atoms with Crippen LogP contribution in [0, 0.1) is 6.92 Å². The van der Waals surface area contributed by atoms with E-state index in [0.717, 1.165) is 35.4 Å². The van der Waals surface area contributed by atoms with Crippen molar-refractivity contribution >= 4 is 23.7 Å². The number of rotatable bonds is 6. The summed E-state index contributed by atoms with van der Waals surface area (Å²) in [4.78, 5) is 13.8. The van der Waals surface area contributed by atoms with Crippen molar-refractivity contribution in [3.05, 3.63) is 65.2 Å². The molecule has 8 heteroatoms. The Labute approximate surface area is 180 Å². The number of aryl methyl sites for hydroxylation is 1. The van der Waals surface area contributed by atoms with Gasteiger partial charge in [0.2, 0.25) is 5.95 Å². The normalized spacial score (nSPS) is 14.0. The van der Waals surface area contributed by atoms with E-state index >= 15 is 0 Å². The molecule has 0 radical (unpaired) electrons. The lowest BCUT2D eigenvalue weighted by Gasteiger charge is -2.28. The molecule has 7 nitrogen and oxygen atoms in total. The van der Waals surface area contributed by atoms with Crippen molar-refractivity contribution in [1.29, 1.82) is 0 Å². The number of ether oxygens (including phenoxy) is 2. The molecule has 0 spiro atoms. The number of methoxy groups -OCH3 is 1. The lowest BCUT2D eigenvalue weighted by molar-refractivity contribution is 0.0600. The number of hydrogen-bond acceptors (Lipinski definition) is 7. The molecule has 1 aliphatic rings. The van der Waals surface area contributed by atoms with Gasteiger partial charge in [0.05, 0.1) is 31.6 Å². The van der Waals surface area contributed by atoms with Crippen molar-refractivity contribution < 1.29 is 14.3 Å². The predicted octanol–water partition coefficient (Wildman–Crippen LogP) is 3.49. The summed E-state index contributed by atoms with van der Waals surface area (Å²) in [6.45, 7) is 5.05. The number of benzene rings is 2. The number of aromatic nitrogens is 3. The SMILES string of the molecule is COC(=O)c1ccc(CSc2nnc(N3CCOCC3)n2-c2ccc(C)cc2)cc1. The molecule has 156 valence electrons. The molecule has 0 saturated carbocycles. The Morgan fingerprint density at radius 2 is 1.77 bits per heavy atom. The van der Waals surface area contributed by atoms with E-state index < -0.39 is 0 Å². The Balaban J connectivity index is 1.58. The molecule has 0 bridgehead atoms. The molecule has 2 heterocycles. The van der Waals surface area contributed by atoms with Crippen LogP contribution in [0.25, 0.3) is 5.69 Å². The van der Waals surface area contributed by atoms with Crippen LogP contribution in [0.5, 0.6) is 0 Å². The van der Waals surface area contributed by atoms with Gasteiger partial charge in [-0.2, -0.15) is 0 Å². The monoisotopic (exact) mass is 424 g/mol. The van der Waals surface area contributed by atoms with Gasteiger partial charge in [-0.05, 0) is 36.8 Å². The van der Waals surface area contributed by atoms with Gasteiger partial charge in [0.15, 0.2) is 5.16 Å². The molecule has 1 saturated heterocycles. The number of carbonyl (C=O) groups excluding carboxylic acids is 1. The highest BCUT2D eigenvalue weighted by Gasteiger charge is 2.21. The maximum Gasteiger partial charge on any atom is 0.337 e. The number of esters is 1. The van der Waals surface area contributed by atoms with Crippen molar-refractivity contribution in [2.45, 2.75) is 17.8 Å². The first kappa shape index (κ1) is 20.4. The van der Waals surface area contributed by atoms with Crippen LogP contribution in [-0.4, -0.2) is 54.1 Å². The third kappa shape index (κ3) is 4.49. The Morgan fingerprint density at radius 3 is 2.43 bits per heavy atom. The van der Waals surface area contributed by atoms with Gasteiger partial charge >= 0.3 is 5.97 Å². The van der Waals surface area contributed by atoms with Crippen molar-refractivity contribution in [3.8, 4) is 5.69 Å². The zero-order valence-electron chi connectivity index (χ0n) is 17.1. The van der Waals surface area contributed by atoms with E-state index in [1.807, 2.05) is 12.1 Å². The van der Waals surface area contributed by atoms with Gasteiger partial charge in [0, 0.05) is 18.8 Å². The van der Waals surface area contributed by atoms with Gasteiger partial charge in [-0.15, -0.1) is 10.2 Å².